The summed E-state index contributed by atoms with van der Waals surface area (Å²) in [6.45, 7) is 2.74. The summed E-state index contributed by atoms with van der Waals surface area (Å²) in [7, 11) is 0. The zero-order valence-electron chi connectivity index (χ0n) is 9.67. The molecule has 0 saturated heterocycles. The number of rotatable bonds is 5. The Morgan fingerprint density at radius 2 is 2.53 bits per heavy atom. The second-order valence-corrected chi connectivity index (χ2v) is 5.02. The maximum absolute atomic E-state index is 11.7. The van der Waals surface area contributed by atoms with Gasteiger partial charge in [0.1, 0.15) is 0 Å². The predicted octanol–water partition coefficient (Wildman–Crippen LogP) is 1.69. The molecule has 4 nitrogen and oxygen atoms in total. The van der Waals surface area contributed by atoms with Gasteiger partial charge in [-0.15, -0.1) is 11.3 Å². The number of aromatic nitrogens is 2. The van der Waals surface area contributed by atoms with Gasteiger partial charge in [0.05, 0.1) is 12.7 Å². The lowest BCUT2D eigenvalue weighted by atomic mass is 10.3. The van der Waals surface area contributed by atoms with Gasteiger partial charge < -0.3 is 9.88 Å². The van der Waals surface area contributed by atoms with Crippen LogP contribution in [-0.2, 0) is 17.8 Å². The Morgan fingerprint density at radius 1 is 1.65 bits per heavy atom. The van der Waals surface area contributed by atoms with E-state index in [1.807, 2.05) is 35.2 Å². The lowest BCUT2D eigenvalue weighted by Crippen LogP contribution is -2.36. The first-order chi connectivity index (χ1) is 8.24. The van der Waals surface area contributed by atoms with Crippen LogP contribution in [0.4, 0.5) is 0 Å². The van der Waals surface area contributed by atoms with E-state index in [0.29, 0.717) is 6.42 Å². The molecule has 0 radical (unpaired) electrons. The third-order valence-electron chi connectivity index (χ3n) is 2.37. The number of nitrogens with one attached hydrogen (secondary N) is 1. The van der Waals surface area contributed by atoms with Crippen molar-refractivity contribution in [1.29, 1.82) is 0 Å². The number of hydrogen-bond acceptors (Lipinski definition) is 3. The molecule has 0 aliphatic carbocycles. The molecular weight excluding hydrogens is 234 g/mol. The molecule has 5 heteroatoms. The predicted molar refractivity (Wildman–Crippen MR) is 67.9 cm³/mol. The molecule has 2 heterocycles. The fourth-order valence-corrected chi connectivity index (χ4v) is 2.36. The van der Waals surface area contributed by atoms with Crippen LogP contribution in [0.3, 0.4) is 0 Å². The number of imidazole rings is 1. The molecule has 0 unspecified atom stereocenters. The van der Waals surface area contributed by atoms with Gasteiger partial charge in [-0.2, -0.15) is 0 Å². The van der Waals surface area contributed by atoms with Gasteiger partial charge in [-0.1, -0.05) is 6.07 Å². The van der Waals surface area contributed by atoms with E-state index in [0.717, 1.165) is 11.4 Å². The molecule has 2 aromatic rings. The second kappa shape index (κ2) is 5.63. The summed E-state index contributed by atoms with van der Waals surface area (Å²) in [5, 5.41) is 4.96. The minimum absolute atomic E-state index is 0.0695. The Hall–Kier alpha value is -1.62. The highest BCUT2D eigenvalue weighted by Crippen LogP contribution is 2.08. The highest BCUT2D eigenvalue weighted by Gasteiger charge is 2.08. The highest BCUT2D eigenvalue weighted by molar-refractivity contribution is 7.10. The van der Waals surface area contributed by atoms with Gasteiger partial charge in [0.25, 0.3) is 0 Å². The first kappa shape index (κ1) is 11.9. The summed E-state index contributed by atoms with van der Waals surface area (Å²) < 4.78 is 1.95. The smallest absolute Gasteiger partial charge is 0.225 e. The lowest BCUT2D eigenvalue weighted by Gasteiger charge is -2.13. The van der Waals surface area contributed by atoms with E-state index >= 15 is 0 Å². The second-order valence-electron chi connectivity index (χ2n) is 3.98. The fraction of sp³-hybridized carbons (Fsp3) is 0.333. The van der Waals surface area contributed by atoms with Gasteiger partial charge in [0, 0.05) is 29.9 Å². The third kappa shape index (κ3) is 3.71. The normalized spacial score (nSPS) is 12.3. The van der Waals surface area contributed by atoms with Crippen LogP contribution in [0.2, 0.25) is 0 Å². The van der Waals surface area contributed by atoms with Crippen molar-refractivity contribution in [3.05, 3.63) is 41.1 Å². The van der Waals surface area contributed by atoms with Crippen molar-refractivity contribution in [3.8, 4) is 0 Å². The van der Waals surface area contributed by atoms with Crippen LogP contribution in [-0.4, -0.2) is 21.5 Å². The van der Waals surface area contributed by atoms with Crippen molar-refractivity contribution in [2.75, 3.05) is 0 Å². The summed E-state index contributed by atoms with van der Waals surface area (Å²) in [5.41, 5.74) is 0. The number of amides is 1. The van der Waals surface area contributed by atoms with Crippen molar-refractivity contribution < 1.29 is 4.79 Å². The minimum Gasteiger partial charge on any atom is -0.352 e. The SMILES string of the molecule is C[C@H](Cn1ccnc1)NC(=O)Cc1cccs1. The Bertz CT molecular complexity index is 450. The monoisotopic (exact) mass is 249 g/mol. The molecule has 0 aliphatic rings. The van der Waals surface area contributed by atoms with Crippen LogP contribution in [0.5, 0.6) is 0 Å². The summed E-state index contributed by atoms with van der Waals surface area (Å²) >= 11 is 1.61. The molecule has 0 saturated carbocycles. The zero-order chi connectivity index (χ0) is 12.1. The molecule has 90 valence electrons. The Balaban J connectivity index is 1.78. The number of hydrogen-bond donors (Lipinski definition) is 1. The molecule has 2 aromatic heterocycles. The number of thiophene rings is 1. The van der Waals surface area contributed by atoms with E-state index in [9.17, 15) is 4.79 Å². The Morgan fingerprint density at radius 3 is 3.18 bits per heavy atom. The van der Waals surface area contributed by atoms with Crippen molar-refractivity contribution in [2.24, 2.45) is 0 Å². The van der Waals surface area contributed by atoms with E-state index in [1.54, 1.807) is 23.9 Å². The van der Waals surface area contributed by atoms with E-state index < -0.39 is 0 Å². The van der Waals surface area contributed by atoms with Gasteiger partial charge >= 0.3 is 0 Å². The molecule has 0 fully saturated rings. The van der Waals surface area contributed by atoms with E-state index in [-0.39, 0.29) is 11.9 Å². The molecule has 2 rings (SSSR count). The molecule has 1 N–H and O–H groups in total. The van der Waals surface area contributed by atoms with Crippen LogP contribution in [0.25, 0.3) is 0 Å². The highest BCUT2D eigenvalue weighted by atomic mass is 32.1. The standard InChI is InChI=1S/C12H15N3OS/c1-10(8-15-5-4-13-9-15)14-12(16)7-11-3-2-6-17-11/h2-6,9-10H,7-8H2,1H3,(H,14,16)/t10-/m1/s1. The topological polar surface area (TPSA) is 46.9 Å². The molecule has 1 atom stereocenters. The summed E-state index contributed by atoms with van der Waals surface area (Å²) in [6.07, 6.45) is 5.84. The average Bonchev–Trinajstić information content (AvgIpc) is 2.90. The number of carbonyl (C=O) groups is 1. The summed E-state index contributed by atoms with van der Waals surface area (Å²) in [6, 6.07) is 4.05. The van der Waals surface area contributed by atoms with Gasteiger partial charge in [-0.25, -0.2) is 4.98 Å². The van der Waals surface area contributed by atoms with Gasteiger partial charge in [0.2, 0.25) is 5.91 Å². The first-order valence-electron chi connectivity index (χ1n) is 5.51. The van der Waals surface area contributed by atoms with Gasteiger partial charge in [0.15, 0.2) is 0 Å². The minimum atomic E-state index is 0.0695. The zero-order valence-corrected chi connectivity index (χ0v) is 10.5. The van der Waals surface area contributed by atoms with Crippen LogP contribution in [0.1, 0.15) is 11.8 Å². The fourth-order valence-electron chi connectivity index (χ4n) is 1.65. The molecule has 0 aliphatic heterocycles. The van der Waals surface area contributed by atoms with E-state index in [1.165, 1.54) is 0 Å². The molecular formula is C12H15N3OS. The van der Waals surface area contributed by atoms with Crippen LogP contribution >= 0.6 is 11.3 Å². The van der Waals surface area contributed by atoms with Crippen LogP contribution in [0.15, 0.2) is 36.2 Å². The van der Waals surface area contributed by atoms with E-state index in [4.69, 9.17) is 0 Å². The van der Waals surface area contributed by atoms with Crippen LogP contribution in [0, 0.1) is 0 Å². The van der Waals surface area contributed by atoms with Crippen molar-refractivity contribution >= 4 is 17.2 Å². The molecule has 17 heavy (non-hydrogen) atoms. The number of nitrogens with zero attached hydrogens (tertiary/aromatic N) is 2. The third-order valence-corrected chi connectivity index (χ3v) is 3.24. The Kier molecular flexibility index (Phi) is 3.93. The molecule has 1 amide bonds. The molecule has 0 aromatic carbocycles. The van der Waals surface area contributed by atoms with Gasteiger partial charge in [-0.3, -0.25) is 4.79 Å². The van der Waals surface area contributed by atoms with Crippen molar-refractivity contribution in [1.82, 2.24) is 14.9 Å². The maximum Gasteiger partial charge on any atom is 0.225 e. The quantitative estimate of drug-likeness (QED) is 0.876. The van der Waals surface area contributed by atoms with Crippen molar-refractivity contribution in [3.63, 3.8) is 0 Å². The first-order valence-corrected chi connectivity index (χ1v) is 6.39. The average molecular weight is 249 g/mol. The van der Waals surface area contributed by atoms with Gasteiger partial charge in [-0.05, 0) is 18.4 Å². The maximum atomic E-state index is 11.7. The van der Waals surface area contributed by atoms with Crippen LogP contribution < -0.4 is 5.32 Å². The number of carbonyl (C=O) groups excluding carboxylic acids is 1. The summed E-state index contributed by atoms with van der Waals surface area (Å²) in [4.78, 5) is 16.8. The Labute approximate surface area is 104 Å². The van der Waals surface area contributed by atoms with E-state index in [2.05, 4.69) is 10.3 Å². The molecule has 0 bridgehead atoms. The largest absolute Gasteiger partial charge is 0.352 e. The summed E-state index contributed by atoms with van der Waals surface area (Å²) in [5.74, 6) is 0.0695. The molecule has 0 spiro atoms. The lowest BCUT2D eigenvalue weighted by molar-refractivity contribution is -0.121. The van der Waals surface area contributed by atoms with Crippen molar-refractivity contribution in [2.45, 2.75) is 25.9 Å².